The molecule has 6 heteroatoms. The van der Waals surface area contributed by atoms with Crippen LogP contribution in [0.1, 0.15) is 38.2 Å². The number of rotatable bonds is 3. The summed E-state index contributed by atoms with van der Waals surface area (Å²) in [6.45, 7) is 6.03. The van der Waals surface area contributed by atoms with E-state index in [-0.39, 0.29) is 11.1 Å². The van der Waals surface area contributed by atoms with Gasteiger partial charge in [0.1, 0.15) is 11.4 Å². The maximum absolute atomic E-state index is 10.7. The molecule has 1 unspecified atom stereocenters. The Bertz CT molecular complexity index is 354. The Kier molecular flexibility index (Phi) is 3.09. The highest BCUT2D eigenvalue weighted by atomic mass is 16.6. The largest absolute Gasteiger partial charge is 0.480 e. The van der Waals surface area contributed by atoms with Crippen LogP contribution in [-0.2, 0) is 11.2 Å². The summed E-state index contributed by atoms with van der Waals surface area (Å²) in [5.41, 5.74) is 6.13. The number of hydrogen-bond donors (Lipinski definition) is 2. The van der Waals surface area contributed by atoms with Crippen molar-refractivity contribution in [1.29, 1.82) is 0 Å². The fraction of sp³-hybridized carbons (Fsp3) is 0.667. The van der Waals surface area contributed by atoms with Crippen LogP contribution in [0.2, 0.25) is 0 Å². The van der Waals surface area contributed by atoms with E-state index in [1.807, 2.05) is 20.8 Å². The molecular formula is C9H15N3O3. The molecule has 1 rings (SSSR count). The molecule has 0 saturated carbocycles. The predicted octanol–water partition coefficient (Wildman–Crippen LogP) is 0.743. The molecule has 0 amide bonds. The average Bonchev–Trinajstić information content (AvgIpc) is 2.47. The molecule has 0 radical (unpaired) electrons. The highest BCUT2D eigenvalue weighted by Gasteiger charge is 2.26. The number of carboxylic acids is 1. The van der Waals surface area contributed by atoms with Crippen molar-refractivity contribution >= 4 is 5.97 Å². The van der Waals surface area contributed by atoms with E-state index in [2.05, 4.69) is 14.9 Å². The first kappa shape index (κ1) is 11.6. The first-order chi connectivity index (χ1) is 6.81. The first-order valence-electron chi connectivity index (χ1n) is 4.61. The molecule has 15 heavy (non-hydrogen) atoms. The minimum absolute atomic E-state index is 0.0223. The van der Waals surface area contributed by atoms with Gasteiger partial charge in [-0.05, 0) is 5.41 Å². The van der Waals surface area contributed by atoms with Crippen LogP contribution in [0.5, 0.6) is 0 Å². The highest BCUT2D eigenvalue weighted by Crippen LogP contribution is 2.23. The van der Waals surface area contributed by atoms with E-state index < -0.39 is 12.0 Å². The number of carboxylic acid groups (broad SMARTS) is 1. The molecule has 1 atom stereocenters. The Morgan fingerprint density at radius 2 is 2.13 bits per heavy atom. The molecule has 0 spiro atoms. The molecule has 6 nitrogen and oxygen atoms in total. The summed E-state index contributed by atoms with van der Waals surface area (Å²) < 4.78 is 4.52. The maximum atomic E-state index is 10.7. The molecule has 1 aromatic heterocycles. The topological polar surface area (TPSA) is 102 Å². The zero-order valence-corrected chi connectivity index (χ0v) is 9.02. The Hall–Kier alpha value is -1.43. The van der Waals surface area contributed by atoms with Crippen molar-refractivity contribution in [3.8, 4) is 0 Å². The van der Waals surface area contributed by atoms with Crippen molar-refractivity contribution < 1.29 is 14.5 Å². The predicted molar refractivity (Wildman–Crippen MR) is 52.0 cm³/mol. The Morgan fingerprint density at radius 1 is 1.53 bits per heavy atom. The molecule has 0 aliphatic rings. The number of aliphatic carboxylic acids is 1. The Labute approximate surface area is 87.4 Å². The summed E-state index contributed by atoms with van der Waals surface area (Å²) in [7, 11) is 0. The smallest absolute Gasteiger partial charge is 0.326 e. The summed E-state index contributed by atoms with van der Waals surface area (Å²) in [6, 6.07) is -1.17. The van der Waals surface area contributed by atoms with E-state index in [4.69, 9.17) is 10.8 Å². The van der Waals surface area contributed by atoms with Crippen LogP contribution in [0.4, 0.5) is 0 Å². The molecular weight excluding hydrogens is 198 g/mol. The lowest BCUT2D eigenvalue weighted by atomic mass is 9.89. The van der Waals surface area contributed by atoms with Crippen LogP contribution in [-0.4, -0.2) is 21.4 Å². The zero-order valence-electron chi connectivity index (χ0n) is 9.02. The Balaban J connectivity index is 2.92. The van der Waals surface area contributed by atoms with Crippen LogP contribution in [0, 0.1) is 5.41 Å². The third-order valence-electron chi connectivity index (χ3n) is 1.84. The minimum atomic E-state index is -1.17. The van der Waals surface area contributed by atoms with Gasteiger partial charge in [0.15, 0.2) is 6.04 Å². The van der Waals surface area contributed by atoms with Crippen LogP contribution in [0.25, 0.3) is 0 Å². The van der Waals surface area contributed by atoms with Crippen molar-refractivity contribution in [1.82, 2.24) is 10.3 Å². The molecule has 1 aromatic rings. The van der Waals surface area contributed by atoms with Gasteiger partial charge in [0.25, 0.3) is 0 Å². The second-order valence-electron chi connectivity index (χ2n) is 4.65. The van der Waals surface area contributed by atoms with E-state index >= 15 is 0 Å². The number of aromatic nitrogens is 2. The second-order valence-corrected chi connectivity index (χ2v) is 4.65. The normalized spacial score (nSPS) is 13.9. The van der Waals surface area contributed by atoms with Gasteiger partial charge in [-0.25, -0.2) is 4.63 Å². The van der Waals surface area contributed by atoms with Crippen LogP contribution >= 0.6 is 0 Å². The summed E-state index contributed by atoms with van der Waals surface area (Å²) in [6.07, 6.45) is 0.576. The third-order valence-corrected chi connectivity index (χ3v) is 1.84. The zero-order chi connectivity index (χ0) is 11.6. The van der Waals surface area contributed by atoms with Gasteiger partial charge in [0, 0.05) is 6.42 Å². The number of carbonyl (C=O) groups is 1. The van der Waals surface area contributed by atoms with Gasteiger partial charge in [-0.2, -0.15) is 0 Å². The molecule has 0 bridgehead atoms. The van der Waals surface area contributed by atoms with Gasteiger partial charge in [-0.15, -0.1) is 0 Å². The lowest BCUT2D eigenvalue weighted by Gasteiger charge is -2.16. The van der Waals surface area contributed by atoms with Crippen LogP contribution < -0.4 is 5.73 Å². The van der Waals surface area contributed by atoms with E-state index in [1.54, 1.807) is 0 Å². The highest BCUT2D eigenvalue weighted by molar-refractivity contribution is 5.74. The van der Waals surface area contributed by atoms with Crippen LogP contribution in [0.15, 0.2) is 4.63 Å². The van der Waals surface area contributed by atoms with Crippen molar-refractivity contribution in [3.05, 3.63) is 11.4 Å². The average molecular weight is 213 g/mol. The number of nitrogens with two attached hydrogens (primary N) is 1. The van der Waals surface area contributed by atoms with Gasteiger partial charge >= 0.3 is 5.97 Å². The number of hydrogen-bond acceptors (Lipinski definition) is 5. The van der Waals surface area contributed by atoms with E-state index in [1.165, 1.54) is 0 Å². The van der Waals surface area contributed by atoms with Crippen LogP contribution in [0.3, 0.4) is 0 Å². The molecule has 84 valence electrons. The summed E-state index contributed by atoms with van der Waals surface area (Å²) in [4.78, 5) is 10.7. The van der Waals surface area contributed by atoms with Crippen molar-refractivity contribution in [2.75, 3.05) is 0 Å². The lowest BCUT2D eigenvalue weighted by Crippen LogP contribution is -2.23. The summed E-state index contributed by atoms with van der Waals surface area (Å²) in [5, 5.41) is 15.9. The SMILES string of the molecule is CC(C)(C)Cc1nonc1C(N)C(=O)O. The third kappa shape index (κ3) is 3.02. The lowest BCUT2D eigenvalue weighted by molar-refractivity contribution is -0.138. The molecule has 0 saturated heterocycles. The Morgan fingerprint density at radius 3 is 2.60 bits per heavy atom. The van der Waals surface area contributed by atoms with E-state index in [0.717, 1.165) is 0 Å². The maximum Gasteiger partial charge on any atom is 0.326 e. The molecule has 0 aliphatic carbocycles. The van der Waals surface area contributed by atoms with Gasteiger partial charge in [-0.3, -0.25) is 4.79 Å². The van der Waals surface area contributed by atoms with Crippen molar-refractivity contribution in [2.45, 2.75) is 33.2 Å². The van der Waals surface area contributed by atoms with Gasteiger partial charge < -0.3 is 10.8 Å². The minimum Gasteiger partial charge on any atom is -0.480 e. The fourth-order valence-corrected chi connectivity index (χ4v) is 1.19. The molecule has 3 N–H and O–H groups in total. The monoisotopic (exact) mass is 213 g/mol. The fourth-order valence-electron chi connectivity index (χ4n) is 1.19. The van der Waals surface area contributed by atoms with Crippen molar-refractivity contribution in [3.63, 3.8) is 0 Å². The van der Waals surface area contributed by atoms with E-state index in [9.17, 15) is 4.79 Å². The first-order valence-corrected chi connectivity index (χ1v) is 4.61. The second kappa shape index (κ2) is 3.98. The quantitative estimate of drug-likeness (QED) is 0.767. The molecule has 0 aromatic carbocycles. The van der Waals surface area contributed by atoms with E-state index in [0.29, 0.717) is 12.1 Å². The molecule has 0 fully saturated rings. The van der Waals surface area contributed by atoms with Gasteiger partial charge in [0.05, 0.1) is 0 Å². The standard InChI is InChI=1S/C9H15N3O3/c1-9(2,3)4-5-7(12-15-11-5)6(10)8(13)14/h6H,4,10H2,1-3H3,(H,13,14). The summed E-state index contributed by atoms with van der Waals surface area (Å²) in [5.74, 6) is -1.14. The molecule has 1 heterocycles. The molecule has 0 aliphatic heterocycles. The number of nitrogens with zero attached hydrogens (tertiary/aromatic N) is 2. The van der Waals surface area contributed by atoms with Gasteiger partial charge in [-0.1, -0.05) is 31.1 Å². The van der Waals surface area contributed by atoms with Crippen molar-refractivity contribution in [2.24, 2.45) is 11.1 Å². The summed E-state index contributed by atoms with van der Waals surface area (Å²) >= 11 is 0. The van der Waals surface area contributed by atoms with Gasteiger partial charge in [0.2, 0.25) is 0 Å².